The van der Waals surface area contributed by atoms with Gasteiger partial charge in [-0.1, -0.05) is 6.07 Å². The molecule has 0 spiro atoms. The first-order chi connectivity index (χ1) is 7.65. The predicted octanol–water partition coefficient (Wildman–Crippen LogP) is 1.12. The van der Waals surface area contributed by atoms with Crippen LogP contribution in [-0.2, 0) is 9.53 Å². The van der Waals surface area contributed by atoms with Crippen molar-refractivity contribution >= 4 is 24.0 Å². The van der Waals surface area contributed by atoms with Gasteiger partial charge in [0.15, 0.2) is 0 Å². The molecule has 0 bridgehead atoms. The number of rotatable bonds is 5. The fraction of sp³-hybridized carbons (Fsp3) is 0.364. The number of aromatic hydroxyl groups is 1. The van der Waals surface area contributed by atoms with E-state index in [4.69, 9.17) is 10.5 Å². The molecule has 1 aromatic carbocycles. The summed E-state index contributed by atoms with van der Waals surface area (Å²) in [6.45, 7) is 0.296. The molecule has 0 saturated carbocycles. The summed E-state index contributed by atoms with van der Waals surface area (Å²) in [6.07, 6.45) is -0.0832. The number of hydrogen-bond donors (Lipinski definition) is 3. The Morgan fingerprint density at radius 3 is 2.82 bits per heavy atom. The molecule has 0 fully saturated rings. The molecule has 0 aliphatic rings. The van der Waals surface area contributed by atoms with Crippen molar-refractivity contribution in [2.75, 3.05) is 19.0 Å². The minimum Gasteiger partial charge on any atom is -0.508 e. The molecule has 0 radical (unpaired) electrons. The number of methoxy groups -OCH3 is 1. The highest BCUT2D eigenvalue weighted by Crippen LogP contribution is 2.15. The van der Waals surface area contributed by atoms with Gasteiger partial charge in [-0.3, -0.25) is 4.79 Å². The Hall–Kier alpha value is -1.30. The highest BCUT2D eigenvalue weighted by Gasteiger charge is 2.11. The molecular formula is C11H17ClN2O3. The second kappa shape index (κ2) is 7.89. The van der Waals surface area contributed by atoms with Gasteiger partial charge in [0, 0.05) is 25.4 Å². The maximum absolute atomic E-state index is 11.5. The van der Waals surface area contributed by atoms with Gasteiger partial charge in [0.1, 0.15) is 5.75 Å². The Bertz CT molecular complexity index is 356. The molecule has 0 aromatic heterocycles. The van der Waals surface area contributed by atoms with Crippen LogP contribution in [0.3, 0.4) is 0 Å². The lowest BCUT2D eigenvalue weighted by Crippen LogP contribution is -2.28. The van der Waals surface area contributed by atoms with Gasteiger partial charge in [0.2, 0.25) is 5.91 Å². The van der Waals surface area contributed by atoms with Crippen LogP contribution in [0.1, 0.15) is 6.42 Å². The summed E-state index contributed by atoms with van der Waals surface area (Å²) in [7, 11) is 1.51. The molecule has 1 rings (SSSR count). The van der Waals surface area contributed by atoms with Crippen LogP contribution in [0.5, 0.6) is 5.75 Å². The van der Waals surface area contributed by atoms with Crippen LogP contribution in [0.4, 0.5) is 5.69 Å². The standard InChI is InChI=1S/C11H16N2O3.ClH/c1-16-10(7-12)6-11(15)13-8-3-2-4-9(14)5-8;/h2-5,10,14H,6-7,12H2,1H3,(H,13,15);1H. The Morgan fingerprint density at radius 2 is 2.29 bits per heavy atom. The molecule has 4 N–H and O–H groups in total. The predicted molar refractivity (Wildman–Crippen MR) is 68.5 cm³/mol. The van der Waals surface area contributed by atoms with E-state index in [9.17, 15) is 9.90 Å². The van der Waals surface area contributed by atoms with Gasteiger partial charge >= 0.3 is 0 Å². The van der Waals surface area contributed by atoms with Gasteiger partial charge in [0.25, 0.3) is 0 Å². The third-order valence-electron chi connectivity index (χ3n) is 2.14. The Balaban J connectivity index is 0.00000256. The van der Waals surface area contributed by atoms with Gasteiger partial charge in [-0.15, -0.1) is 12.4 Å². The van der Waals surface area contributed by atoms with E-state index in [0.29, 0.717) is 12.2 Å². The molecule has 0 saturated heterocycles. The minimum atomic E-state index is -0.280. The maximum atomic E-state index is 11.5. The van der Waals surface area contributed by atoms with Gasteiger partial charge in [-0.25, -0.2) is 0 Å². The lowest BCUT2D eigenvalue weighted by Gasteiger charge is -2.12. The first-order valence-corrected chi connectivity index (χ1v) is 4.97. The second-order valence-electron chi connectivity index (χ2n) is 3.40. The molecule has 1 unspecified atom stereocenters. The van der Waals surface area contributed by atoms with E-state index in [1.165, 1.54) is 19.2 Å². The van der Waals surface area contributed by atoms with E-state index in [1.54, 1.807) is 12.1 Å². The second-order valence-corrected chi connectivity index (χ2v) is 3.40. The van der Waals surface area contributed by atoms with E-state index in [2.05, 4.69) is 5.32 Å². The van der Waals surface area contributed by atoms with Crippen molar-refractivity contribution in [1.29, 1.82) is 0 Å². The summed E-state index contributed by atoms with van der Waals surface area (Å²) < 4.78 is 5.00. The van der Waals surface area contributed by atoms with Crippen LogP contribution in [-0.4, -0.2) is 30.8 Å². The zero-order valence-corrected chi connectivity index (χ0v) is 10.4. The van der Waals surface area contributed by atoms with Crippen molar-refractivity contribution in [3.05, 3.63) is 24.3 Å². The summed E-state index contributed by atoms with van der Waals surface area (Å²) in [5.74, 6) is -0.0807. The molecule has 5 nitrogen and oxygen atoms in total. The van der Waals surface area contributed by atoms with E-state index >= 15 is 0 Å². The van der Waals surface area contributed by atoms with E-state index < -0.39 is 0 Å². The van der Waals surface area contributed by atoms with Crippen molar-refractivity contribution < 1.29 is 14.6 Å². The number of benzene rings is 1. The summed E-state index contributed by atoms with van der Waals surface area (Å²) in [4.78, 5) is 11.5. The third kappa shape index (κ3) is 5.53. The monoisotopic (exact) mass is 260 g/mol. The normalized spacial score (nSPS) is 11.4. The first kappa shape index (κ1) is 15.7. The van der Waals surface area contributed by atoms with Crippen molar-refractivity contribution in [2.24, 2.45) is 5.73 Å². The summed E-state index contributed by atoms with van der Waals surface area (Å²) in [5.41, 5.74) is 5.96. The maximum Gasteiger partial charge on any atom is 0.227 e. The molecule has 96 valence electrons. The number of hydrogen-bond acceptors (Lipinski definition) is 4. The van der Waals surface area contributed by atoms with Crippen molar-refractivity contribution in [3.63, 3.8) is 0 Å². The van der Waals surface area contributed by atoms with Crippen LogP contribution >= 0.6 is 12.4 Å². The number of nitrogens with one attached hydrogen (secondary N) is 1. The van der Waals surface area contributed by atoms with Gasteiger partial charge in [-0.2, -0.15) is 0 Å². The average Bonchev–Trinajstić information content (AvgIpc) is 2.26. The molecule has 6 heteroatoms. The molecule has 17 heavy (non-hydrogen) atoms. The fourth-order valence-electron chi connectivity index (χ4n) is 1.27. The Kier molecular flexibility index (Phi) is 7.29. The molecule has 0 aliphatic heterocycles. The quantitative estimate of drug-likeness (QED) is 0.741. The van der Waals surface area contributed by atoms with Crippen molar-refractivity contribution in [2.45, 2.75) is 12.5 Å². The highest BCUT2D eigenvalue weighted by molar-refractivity contribution is 5.91. The molecule has 0 aliphatic carbocycles. The highest BCUT2D eigenvalue weighted by atomic mass is 35.5. The van der Waals surface area contributed by atoms with E-state index in [-0.39, 0.29) is 36.6 Å². The Morgan fingerprint density at radius 1 is 1.59 bits per heavy atom. The van der Waals surface area contributed by atoms with Crippen molar-refractivity contribution in [1.82, 2.24) is 0 Å². The smallest absolute Gasteiger partial charge is 0.227 e. The number of ether oxygens (including phenoxy) is 1. The minimum absolute atomic E-state index is 0. The van der Waals surface area contributed by atoms with Gasteiger partial charge in [-0.05, 0) is 12.1 Å². The zero-order valence-electron chi connectivity index (χ0n) is 9.55. The number of phenolic OH excluding ortho intramolecular Hbond substituents is 1. The average molecular weight is 261 g/mol. The molecule has 1 aromatic rings. The van der Waals surface area contributed by atoms with Crippen LogP contribution in [0, 0.1) is 0 Å². The lowest BCUT2D eigenvalue weighted by molar-refractivity contribution is -0.118. The number of halogens is 1. The number of carbonyl (C=O) groups is 1. The Labute approximate surface area is 106 Å². The molecule has 1 atom stereocenters. The molecule has 1 amide bonds. The molecule has 0 heterocycles. The largest absolute Gasteiger partial charge is 0.508 e. The van der Waals surface area contributed by atoms with Gasteiger partial charge in [0.05, 0.1) is 12.5 Å². The third-order valence-corrected chi connectivity index (χ3v) is 2.14. The summed E-state index contributed by atoms with van der Waals surface area (Å²) in [6, 6.07) is 6.36. The van der Waals surface area contributed by atoms with Gasteiger partial charge < -0.3 is 20.9 Å². The lowest BCUT2D eigenvalue weighted by atomic mass is 10.2. The zero-order chi connectivity index (χ0) is 12.0. The number of nitrogens with two attached hydrogens (primary N) is 1. The number of anilines is 1. The summed E-state index contributed by atoms with van der Waals surface area (Å²) in [5, 5.41) is 11.9. The summed E-state index contributed by atoms with van der Waals surface area (Å²) >= 11 is 0. The number of carbonyl (C=O) groups excluding carboxylic acids is 1. The van der Waals surface area contributed by atoms with Crippen LogP contribution in [0.15, 0.2) is 24.3 Å². The van der Waals surface area contributed by atoms with Crippen LogP contribution < -0.4 is 11.1 Å². The molecular weight excluding hydrogens is 244 g/mol. The van der Waals surface area contributed by atoms with E-state index in [0.717, 1.165) is 0 Å². The number of amides is 1. The van der Waals surface area contributed by atoms with Crippen LogP contribution in [0.2, 0.25) is 0 Å². The topological polar surface area (TPSA) is 84.6 Å². The van der Waals surface area contributed by atoms with E-state index in [1.807, 2.05) is 0 Å². The van der Waals surface area contributed by atoms with Crippen LogP contribution in [0.25, 0.3) is 0 Å². The fourth-order valence-corrected chi connectivity index (χ4v) is 1.27. The number of phenols is 1. The first-order valence-electron chi connectivity index (χ1n) is 4.97. The van der Waals surface area contributed by atoms with Crippen molar-refractivity contribution in [3.8, 4) is 5.75 Å². The SMILES string of the molecule is COC(CN)CC(=O)Nc1cccc(O)c1.Cl.